The molecule has 0 fully saturated rings. The highest BCUT2D eigenvalue weighted by molar-refractivity contribution is 5.59. The van der Waals surface area contributed by atoms with E-state index in [9.17, 15) is 0 Å². The smallest absolute Gasteiger partial charge is 0.154 e. The lowest BCUT2D eigenvalue weighted by Gasteiger charge is -2.08. The monoisotopic (exact) mass is 188 g/mol. The second-order valence-corrected chi connectivity index (χ2v) is 2.67. The lowest BCUT2D eigenvalue weighted by Crippen LogP contribution is -2.06. The molecule has 0 amide bonds. The number of aromatic nitrogens is 1. The van der Waals surface area contributed by atoms with Crippen LogP contribution in [0.3, 0.4) is 0 Å². The zero-order chi connectivity index (χ0) is 9.80. The van der Waals surface area contributed by atoms with Gasteiger partial charge in [-0.05, 0) is 17.4 Å². The highest BCUT2D eigenvalue weighted by Crippen LogP contribution is 2.12. The van der Waals surface area contributed by atoms with Gasteiger partial charge in [0.1, 0.15) is 0 Å². The molecule has 0 bridgehead atoms. The van der Waals surface area contributed by atoms with Gasteiger partial charge >= 0.3 is 0 Å². The molecule has 5 heteroatoms. The molecule has 0 saturated carbocycles. The van der Waals surface area contributed by atoms with E-state index in [4.69, 9.17) is 5.90 Å². The van der Waals surface area contributed by atoms with Gasteiger partial charge < -0.3 is 0 Å². The summed E-state index contributed by atoms with van der Waals surface area (Å²) in [5, 5.41) is 5.46. The SMILES string of the molecule is NOCc1ccc(N2C=C=C=N2)nc1. The fourth-order valence-corrected chi connectivity index (χ4v) is 1.05. The Morgan fingerprint density at radius 1 is 1.50 bits per heavy atom. The van der Waals surface area contributed by atoms with E-state index < -0.39 is 0 Å². The summed E-state index contributed by atoms with van der Waals surface area (Å²) in [5.74, 6) is 8.22. The van der Waals surface area contributed by atoms with Gasteiger partial charge in [0.15, 0.2) is 5.82 Å². The fraction of sp³-hybridized carbons (Fsp3) is 0.111. The molecule has 70 valence electrons. The molecule has 2 heterocycles. The van der Waals surface area contributed by atoms with Crippen LogP contribution in [-0.4, -0.2) is 10.9 Å². The van der Waals surface area contributed by atoms with E-state index in [1.807, 2.05) is 12.1 Å². The Bertz CT molecular complexity index is 397. The Balaban J connectivity index is 2.14. The predicted molar refractivity (Wildman–Crippen MR) is 51.2 cm³/mol. The quantitative estimate of drug-likeness (QED) is 0.555. The molecular formula is C9H8N4O. The minimum Gasteiger partial charge on any atom is -0.300 e. The highest BCUT2D eigenvalue weighted by atomic mass is 16.6. The first-order chi connectivity index (χ1) is 6.90. The van der Waals surface area contributed by atoms with E-state index in [0.717, 1.165) is 5.56 Å². The first-order valence-electron chi connectivity index (χ1n) is 4.00. The Kier molecular flexibility index (Phi) is 2.40. The van der Waals surface area contributed by atoms with Crippen LogP contribution in [-0.2, 0) is 11.4 Å². The molecular weight excluding hydrogens is 180 g/mol. The minimum absolute atomic E-state index is 0.352. The van der Waals surface area contributed by atoms with E-state index in [0.29, 0.717) is 12.4 Å². The third kappa shape index (κ3) is 1.71. The van der Waals surface area contributed by atoms with Crippen LogP contribution >= 0.6 is 0 Å². The summed E-state index contributed by atoms with van der Waals surface area (Å²) in [5.41, 5.74) is 3.62. The molecule has 1 aromatic rings. The largest absolute Gasteiger partial charge is 0.300 e. The van der Waals surface area contributed by atoms with Crippen LogP contribution in [0, 0.1) is 0 Å². The van der Waals surface area contributed by atoms with E-state index in [1.165, 1.54) is 0 Å². The molecule has 0 unspecified atom stereocenters. The average Bonchev–Trinajstić information content (AvgIpc) is 2.72. The summed E-state index contributed by atoms with van der Waals surface area (Å²) in [4.78, 5) is 8.65. The van der Waals surface area contributed by atoms with Gasteiger partial charge in [-0.2, -0.15) is 0 Å². The number of rotatable bonds is 3. The van der Waals surface area contributed by atoms with Crippen LogP contribution in [0.5, 0.6) is 0 Å². The van der Waals surface area contributed by atoms with Crippen molar-refractivity contribution in [3.63, 3.8) is 0 Å². The molecule has 1 aliphatic heterocycles. The molecule has 0 saturated heterocycles. The molecule has 0 aromatic carbocycles. The molecule has 2 N–H and O–H groups in total. The molecule has 5 nitrogen and oxygen atoms in total. The van der Waals surface area contributed by atoms with Gasteiger partial charge in [-0.3, -0.25) is 4.84 Å². The fourth-order valence-electron chi connectivity index (χ4n) is 1.05. The highest BCUT2D eigenvalue weighted by Gasteiger charge is 2.03. The Morgan fingerprint density at radius 3 is 3.00 bits per heavy atom. The zero-order valence-corrected chi connectivity index (χ0v) is 7.34. The lowest BCUT2D eigenvalue weighted by atomic mass is 10.3. The number of nitrogens with zero attached hydrogens (tertiary/aromatic N) is 3. The first-order valence-corrected chi connectivity index (χ1v) is 4.00. The minimum atomic E-state index is 0.352. The Hall–Kier alpha value is -1.90. The second kappa shape index (κ2) is 3.87. The van der Waals surface area contributed by atoms with Gasteiger partial charge in [0.05, 0.1) is 18.7 Å². The van der Waals surface area contributed by atoms with Crippen molar-refractivity contribution in [2.45, 2.75) is 6.61 Å². The second-order valence-electron chi connectivity index (χ2n) is 2.67. The van der Waals surface area contributed by atoms with Crippen molar-refractivity contribution in [2.24, 2.45) is 11.0 Å². The third-order valence-electron chi connectivity index (χ3n) is 1.70. The number of pyridine rings is 1. The number of nitrogens with two attached hydrogens (primary N) is 1. The Morgan fingerprint density at radius 2 is 2.43 bits per heavy atom. The van der Waals surface area contributed by atoms with E-state index in [2.05, 4.69) is 26.5 Å². The summed E-state index contributed by atoms with van der Waals surface area (Å²) >= 11 is 0. The summed E-state index contributed by atoms with van der Waals surface area (Å²) in [6.45, 7) is 0.352. The maximum Gasteiger partial charge on any atom is 0.154 e. The Labute approximate surface area is 80.8 Å². The number of hydrazone groups is 1. The third-order valence-corrected chi connectivity index (χ3v) is 1.70. The van der Waals surface area contributed by atoms with Crippen molar-refractivity contribution in [1.29, 1.82) is 0 Å². The first kappa shape index (κ1) is 8.69. The molecule has 0 aliphatic carbocycles. The van der Waals surface area contributed by atoms with Crippen LogP contribution in [0.4, 0.5) is 5.82 Å². The molecule has 0 atom stereocenters. The van der Waals surface area contributed by atoms with E-state index in [1.54, 1.807) is 17.4 Å². The molecule has 1 aromatic heterocycles. The van der Waals surface area contributed by atoms with Crippen LogP contribution in [0.15, 0.2) is 35.4 Å². The van der Waals surface area contributed by atoms with Gasteiger partial charge in [-0.1, -0.05) is 6.07 Å². The lowest BCUT2D eigenvalue weighted by molar-refractivity contribution is 0.124. The maximum atomic E-state index is 4.94. The van der Waals surface area contributed by atoms with Gasteiger partial charge in [0.2, 0.25) is 0 Å². The van der Waals surface area contributed by atoms with Gasteiger partial charge in [-0.25, -0.2) is 15.9 Å². The van der Waals surface area contributed by atoms with Crippen LogP contribution in [0.2, 0.25) is 0 Å². The van der Waals surface area contributed by atoms with E-state index in [-0.39, 0.29) is 0 Å². The number of hydrogen-bond donors (Lipinski definition) is 1. The summed E-state index contributed by atoms with van der Waals surface area (Å²) in [6.07, 6.45) is 3.34. The topological polar surface area (TPSA) is 63.7 Å². The van der Waals surface area contributed by atoms with Gasteiger partial charge in [0.25, 0.3) is 0 Å². The van der Waals surface area contributed by atoms with Crippen molar-refractivity contribution in [3.05, 3.63) is 35.8 Å². The van der Waals surface area contributed by atoms with Crippen molar-refractivity contribution in [3.8, 4) is 0 Å². The summed E-state index contributed by atoms with van der Waals surface area (Å²) in [7, 11) is 0. The number of anilines is 1. The molecule has 1 aliphatic rings. The molecule has 2 rings (SSSR count). The standard InChI is InChI=1S/C9H8N4O/c10-14-7-8-2-3-9(11-6-8)13-5-1-4-12-13/h2-3,5-6H,7,10H2. The maximum absolute atomic E-state index is 4.94. The van der Waals surface area contributed by atoms with E-state index >= 15 is 0 Å². The summed E-state index contributed by atoms with van der Waals surface area (Å²) in [6, 6.07) is 3.69. The van der Waals surface area contributed by atoms with Crippen molar-refractivity contribution >= 4 is 11.7 Å². The molecule has 14 heavy (non-hydrogen) atoms. The van der Waals surface area contributed by atoms with Crippen molar-refractivity contribution in [1.82, 2.24) is 4.98 Å². The van der Waals surface area contributed by atoms with Gasteiger partial charge in [-0.15, -0.1) is 5.10 Å². The van der Waals surface area contributed by atoms with Crippen LogP contribution in [0.1, 0.15) is 5.56 Å². The zero-order valence-electron chi connectivity index (χ0n) is 7.34. The molecule has 0 spiro atoms. The normalized spacial score (nSPS) is 12.8. The van der Waals surface area contributed by atoms with Gasteiger partial charge in [0, 0.05) is 6.20 Å². The molecule has 0 radical (unpaired) electrons. The van der Waals surface area contributed by atoms with Crippen molar-refractivity contribution < 1.29 is 4.84 Å². The average molecular weight is 188 g/mol. The number of hydrogen-bond acceptors (Lipinski definition) is 5. The van der Waals surface area contributed by atoms with Crippen LogP contribution < -0.4 is 10.9 Å². The summed E-state index contributed by atoms with van der Waals surface area (Å²) < 4.78 is 0. The van der Waals surface area contributed by atoms with Crippen LogP contribution in [0.25, 0.3) is 0 Å². The van der Waals surface area contributed by atoms with Crippen molar-refractivity contribution in [2.75, 3.05) is 5.01 Å². The predicted octanol–water partition coefficient (Wildman–Crippen LogP) is 0.545.